The van der Waals surface area contributed by atoms with Gasteiger partial charge in [-0.1, -0.05) is 78.0 Å². The number of rotatable bonds is 5. The van der Waals surface area contributed by atoms with Crippen LogP contribution in [-0.4, -0.2) is 33.2 Å². The molecule has 1 aliphatic heterocycles. The van der Waals surface area contributed by atoms with Gasteiger partial charge in [-0.3, -0.25) is 4.79 Å². The molecular formula is C26H20FN3O2S. The molecule has 5 nitrogen and oxygen atoms in total. The Balaban J connectivity index is 1.46. The first kappa shape index (κ1) is 21.2. The van der Waals surface area contributed by atoms with E-state index in [9.17, 15) is 9.18 Å². The summed E-state index contributed by atoms with van der Waals surface area (Å²) in [6, 6.07) is 25.8. The van der Waals surface area contributed by atoms with Crippen LogP contribution in [0.2, 0.25) is 0 Å². The predicted molar refractivity (Wildman–Crippen MR) is 127 cm³/mol. The molecule has 0 spiro atoms. The van der Waals surface area contributed by atoms with Crippen molar-refractivity contribution in [2.75, 3.05) is 12.3 Å². The van der Waals surface area contributed by atoms with Crippen LogP contribution in [0.3, 0.4) is 0 Å². The topological polar surface area (TPSA) is 59.2 Å². The fourth-order valence-corrected chi connectivity index (χ4v) is 4.85. The van der Waals surface area contributed by atoms with E-state index < -0.39 is 11.7 Å². The molecule has 33 heavy (non-hydrogen) atoms. The van der Waals surface area contributed by atoms with E-state index in [-0.39, 0.29) is 23.2 Å². The van der Waals surface area contributed by atoms with E-state index in [1.165, 1.54) is 6.07 Å². The van der Waals surface area contributed by atoms with Gasteiger partial charge >= 0.3 is 0 Å². The number of thioether (sulfide) groups is 1. The summed E-state index contributed by atoms with van der Waals surface area (Å²) in [5.41, 5.74) is 2.14. The largest absolute Gasteiger partial charge is 0.334 e. The lowest BCUT2D eigenvalue weighted by atomic mass is 9.90. The summed E-state index contributed by atoms with van der Waals surface area (Å²) in [5.74, 6) is 0.308. The van der Waals surface area contributed by atoms with Crippen molar-refractivity contribution in [3.8, 4) is 11.4 Å². The summed E-state index contributed by atoms with van der Waals surface area (Å²) in [6.45, 7) is 0.583. The van der Waals surface area contributed by atoms with E-state index in [1.807, 2.05) is 60.7 Å². The maximum absolute atomic E-state index is 14.1. The van der Waals surface area contributed by atoms with Crippen molar-refractivity contribution >= 4 is 23.7 Å². The molecule has 1 fully saturated rings. The van der Waals surface area contributed by atoms with Gasteiger partial charge in [0.15, 0.2) is 0 Å². The summed E-state index contributed by atoms with van der Waals surface area (Å²) >= 11 is 1.55. The van der Waals surface area contributed by atoms with E-state index >= 15 is 0 Å². The molecule has 0 aliphatic carbocycles. The lowest BCUT2D eigenvalue weighted by molar-refractivity contribution is -0.129. The third-order valence-corrected chi connectivity index (χ3v) is 6.43. The van der Waals surface area contributed by atoms with Crippen LogP contribution in [0.4, 0.5) is 4.39 Å². The summed E-state index contributed by atoms with van der Waals surface area (Å²) in [6.07, 6.45) is 1.69. The smallest absolute Gasteiger partial charge is 0.253 e. The first-order chi connectivity index (χ1) is 16.2. The Morgan fingerprint density at radius 1 is 0.970 bits per heavy atom. The van der Waals surface area contributed by atoms with Gasteiger partial charge in [-0.15, -0.1) is 11.8 Å². The number of benzene rings is 3. The van der Waals surface area contributed by atoms with Gasteiger partial charge in [-0.25, -0.2) is 4.39 Å². The number of aromatic nitrogens is 2. The van der Waals surface area contributed by atoms with Crippen LogP contribution in [0.15, 0.2) is 94.5 Å². The molecule has 1 aliphatic rings. The maximum Gasteiger partial charge on any atom is 0.253 e. The second-order valence-electron chi connectivity index (χ2n) is 7.51. The van der Waals surface area contributed by atoms with Gasteiger partial charge in [-0.05, 0) is 23.3 Å². The van der Waals surface area contributed by atoms with Crippen LogP contribution < -0.4 is 0 Å². The monoisotopic (exact) mass is 457 g/mol. The third-order valence-electron chi connectivity index (χ3n) is 5.41. The van der Waals surface area contributed by atoms with E-state index in [2.05, 4.69) is 10.1 Å². The minimum atomic E-state index is -0.425. The molecule has 7 heteroatoms. The van der Waals surface area contributed by atoms with Crippen molar-refractivity contribution in [3.63, 3.8) is 0 Å². The number of halogens is 1. The van der Waals surface area contributed by atoms with E-state index in [0.717, 1.165) is 21.9 Å². The third kappa shape index (κ3) is 4.45. The van der Waals surface area contributed by atoms with E-state index in [1.54, 1.807) is 40.9 Å². The summed E-state index contributed by atoms with van der Waals surface area (Å²) < 4.78 is 19.4. The van der Waals surface area contributed by atoms with Crippen LogP contribution in [0, 0.1) is 5.82 Å². The Bertz CT molecular complexity index is 1250. The van der Waals surface area contributed by atoms with Gasteiger partial charge in [0, 0.05) is 18.4 Å². The van der Waals surface area contributed by atoms with Crippen LogP contribution in [0.1, 0.15) is 22.9 Å². The van der Waals surface area contributed by atoms with Gasteiger partial charge in [0.05, 0.1) is 16.5 Å². The Kier molecular flexibility index (Phi) is 6.04. The number of carbonyl (C=O) groups is 1. The van der Waals surface area contributed by atoms with Crippen molar-refractivity contribution in [3.05, 3.63) is 113 Å². The number of carbonyl (C=O) groups excluding carboxylic acids is 1. The second kappa shape index (κ2) is 9.42. The van der Waals surface area contributed by atoms with Crippen molar-refractivity contribution in [2.24, 2.45) is 0 Å². The lowest BCUT2D eigenvalue weighted by Gasteiger charge is -2.24. The molecule has 1 aromatic heterocycles. The molecule has 0 bridgehead atoms. The quantitative estimate of drug-likeness (QED) is 0.391. The van der Waals surface area contributed by atoms with Crippen molar-refractivity contribution in [1.82, 2.24) is 15.0 Å². The summed E-state index contributed by atoms with van der Waals surface area (Å²) in [4.78, 5) is 19.9. The molecule has 0 atom stereocenters. The van der Waals surface area contributed by atoms with Gasteiger partial charge in [0.1, 0.15) is 5.82 Å². The zero-order valence-electron chi connectivity index (χ0n) is 17.6. The fourth-order valence-electron chi connectivity index (χ4n) is 3.84. The standard InChI is InChI=1S/C26H20FN3O2S/c27-21-14-8-7-13-20(21)25-28-22(32-29-25)17-23-30(15-16-33-23)26(31)24(18-9-3-1-4-10-18)19-11-5-2-6-12-19/h1-14,17,24H,15-16H2/b23-17+. The molecule has 2 heterocycles. The lowest BCUT2D eigenvalue weighted by Crippen LogP contribution is -2.32. The van der Waals surface area contributed by atoms with Crippen molar-refractivity contribution < 1.29 is 13.7 Å². The van der Waals surface area contributed by atoms with E-state index in [0.29, 0.717) is 6.54 Å². The van der Waals surface area contributed by atoms with Gasteiger partial charge in [0.25, 0.3) is 5.89 Å². The molecule has 5 rings (SSSR count). The van der Waals surface area contributed by atoms with Gasteiger partial charge < -0.3 is 9.42 Å². The minimum absolute atomic E-state index is 0.0162. The van der Waals surface area contributed by atoms with Crippen LogP contribution in [0.25, 0.3) is 17.5 Å². The minimum Gasteiger partial charge on any atom is -0.334 e. The highest BCUT2D eigenvalue weighted by molar-refractivity contribution is 8.03. The Labute approximate surface area is 194 Å². The Hall–Kier alpha value is -3.71. The zero-order chi connectivity index (χ0) is 22.6. The number of hydrogen-bond donors (Lipinski definition) is 0. The van der Waals surface area contributed by atoms with Gasteiger partial charge in [0.2, 0.25) is 11.7 Å². The molecule has 1 amide bonds. The van der Waals surface area contributed by atoms with Gasteiger partial charge in [-0.2, -0.15) is 4.98 Å². The first-order valence-electron chi connectivity index (χ1n) is 10.5. The van der Waals surface area contributed by atoms with E-state index in [4.69, 9.17) is 4.52 Å². The number of hydrogen-bond acceptors (Lipinski definition) is 5. The highest BCUT2D eigenvalue weighted by Gasteiger charge is 2.32. The SMILES string of the molecule is O=C(C(c1ccccc1)c1ccccc1)N1CCS/C1=C/c1nc(-c2ccccc2F)no1. The molecule has 1 saturated heterocycles. The predicted octanol–water partition coefficient (Wildman–Crippen LogP) is 5.58. The first-order valence-corrected chi connectivity index (χ1v) is 11.5. The van der Waals surface area contributed by atoms with Crippen LogP contribution in [0.5, 0.6) is 0 Å². The molecule has 0 N–H and O–H groups in total. The number of amides is 1. The molecule has 164 valence electrons. The molecule has 4 aromatic rings. The fraction of sp³-hybridized carbons (Fsp3) is 0.115. The average Bonchev–Trinajstić information content (AvgIpc) is 3.51. The Morgan fingerprint density at radius 2 is 1.61 bits per heavy atom. The summed E-state index contributed by atoms with van der Waals surface area (Å²) in [5, 5.41) is 4.64. The molecular weight excluding hydrogens is 437 g/mol. The molecule has 0 unspecified atom stereocenters. The van der Waals surface area contributed by atoms with Crippen LogP contribution in [-0.2, 0) is 4.79 Å². The second-order valence-corrected chi connectivity index (χ2v) is 8.63. The van der Waals surface area contributed by atoms with Crippen molar-refractivity contribution in [2.45, 2.75) is 5.92 Å². The normalized spacial score (nSPS) is 14.8. The zero-order valence-corrected chi connectivity index (χ0v) is 18.4. The number of nitrogens with zero attached hydrogens (tertiary/aromatic N) is 3. The average molecular weight is 458 g/mol. The van der Waals surface area contributed by atoms with Crippen LogP contribution >= 0.6 is 11.8 Å². The molecule has 0 radical (unpaired) electrons. The van der Waals surface area contributed by atoms with Crippen molar-refractivity contribution in [1.29, 1.82) is 0 Å². The highest BCUT2D eigenvalue weighted by atomic mass is 32.2. The maximum atomic E-state index is 14.1. The Morgan fingerprint density at radius 3 is 2.27 bits per heavy atom. The molecule has 3 aromatic carbocycles. The molecule has 0 saturated carbocycles. The summed E-state index contributed by atoms with van der Waals surface area (Å²) in [7, 11) is 0. The highest BCUT2D eigenvalue weighted by Crippen LogP contribution is 2.35.